The van der Waals surface area contributed by atoms with Crippen LogP contribution in [0.3, 0.4) is 0 Å². The first-order valence-corrected chi connectivity index (χ1v) is 6.99. The number of halogens is 2. The molecule has 0 saturated carbocycles. The molecule has 2 nitrogen and oxygen atoms in total. The van der Waals surface area contributed by atoms with E-state index in [1.54, 1.807) is 24.3 Å². The number of ketones is 1. The first kappa shape index (κ1) is 15.1. The molecule has 0 heterocycles. The first-order chi connectivity index (χ1) is 10.0. The molecular weight excluding hydrogens is 333 g/mol. The summed E-state index contributed by atoms with van der Waals surface area (Å²) in [5.74, 6) is -0.899. The average Bonchev–Trinajstić information content (AvgIpc) is 2.47. The third kappa shape index (κ3) is 3.65. The van der Waals surface area contributed by atoms with Crippen molar-refractivity contribution in [3.05, 3.63) is 75.0 Å². The number of hydrogen-bond acceptors (Lipinski definition) is 2. The molecule has 0 bridgehead atoms. The number of nitriles is 1. The fraction of sp³-hybridized carbons (Fsp3) is 0.0588. The maximum atomic E-state index is 13.7. The molecule has 0 spiro atoms. The summed E-state index contributed by atoms with van der Waals surface area (Å²) in [6.45, 7) is 1.86. The average molecular weight is 344 g/mol. The van der Waals surface area contributed by atoms with Gasteiger partial charge in [-0.2, -0.15) is 5.26 Å². The summed E-state index contributed by atoms with van der Waals surface area (Å²) < 4.78 is 14.4. The molecular formula is C17H11BrFNO. The van der Waals surface area contributed by atoms with E-state index in [2.05, 4.69) is 15.9 Å². The summed E-state index contributed by atoms with van der Waals surface area (Å²) in [4.78, 5) is 12.3. The monoisotopic (exact) mass is 343 g/mol. The van der Waals surface area contributed by atoms with Crippen LogP contribution in [0.4, 0.5) is 4.39 Å². The standard InChI is InChI=1S/C17H11BrFNO/c1-11-3-2-4-12(7-11)17(21)14(10-20)8-13-9-15(18)5-6-16(13)19/h2-9H,1H3/b14-8+. The highest BCUT2D eigenvalue weighted by molar-refractivity contribution is 9.10. The lowest BCUT2D eigenvalue weighted by Crippen LogP contribution is -2.02. The SMILES string of the molecule is Cc1cccc(C(=O)/C(C#N)=C/c2cc(Br)ccc2F)c1. The van der Waals surface area contributed by atoms with Crippen LogP contribution in [0.25, 0.3) is 6.08 Å². The summed E-state index contributed by atoms with van der Waals surface area (Å²) >= 11 is 3.24. The Bertz CT molecular complexity index is 775. The van der Waals surface area contributed by atoms with Crippen molar-refractivity contribution in [2.24, 2.45) is 0 Å². The number of allylic oxidation sites excluding steroid dienone is 1. The van der Waals surface area contributed by atoms with Crippen molar-refractivity contribution in [1.82, 2.24) is 0 Å². The smallest absolute Gasteiger partial charge is 0.203 e. The van der Waals surface area contributed by atoms with Crippen molar-refractivity contribution >= 4 is 27.8 Å². The Morgan fingerprint density at radius 2 is 2.05 bits per heavy atom. The predicted molar refractivity (Wildman–Crippen MR) is 83.2 cm³/mol. The Hall–Kier alpha value is -2.25. The van der Waals surface area contributed by atoms with Crippen molar-refractivity contribution < 1.29 is 9.18 Å². The maximum Gasteiger partial charge on any atom is 0.203 e. The van der Waals surface area contributed by atoms with E-state index in [0.717, 1.165) is 5.56 Å². The van der Waals surface area contributed by atoms with E-state index >= 15 is 0 Å². The van der Waals surface area contributed by atoms with Gasteiger partial charge in [-0.3, -0.25) is 4.79 Å². The molecule has 2 aromatic carbocycles. The number of hydrogen-bond donors (Lipinski definition) is 0. The van der Waals surface area contributed by atoms with E-state index in [0.29, 0.717) is 10.0 Å². The molecule has 21 heavy (non-hydrogen) atoms. The van der Waals surface area contributed by atoms with Crippen LogP contribution >= 0.6 is 15.9 Å². The molecule has 0 atom stereocenters. The fourth-order valence-electron chi connectivity index (χ4n) is 1.87. The summed E-state index contributed by atoms with van der Waals surface area (Å²) in [7, 11) is 0. The van der Waals surface area contributed by atoms with Crippen molar-refractivity contribution in [3.8, 4) is 6.07 Å². The highest BCUT2D eigenvalue weighted by Crippen LogP contribution is 2.20. The predicted octanol–water partition coefficient (Wildman–Crippen LogP) is 4.69. The third-order valence-corrected chi connectivity index (χ3v) is 3.40. The van der Waals surface area contributed by atoms with Gasteiger partial charge in [0.2, 0.25) is 5.78 Å². The quantitative estimate of drug-likeness (QED) is 0.461. The van der Waals surface area contributed by atoms with Gasteiger partial charge in [-0.25, -0.2) is 4.39 Å². The summed E-state index contributed by atoms with van der Waals surface area (Å²) in [5.41, 5.74) is 1.43. The number of Topliss-reactive ketones (excluding diaryl/α,β-unsaturated/α-hetero) is 1. The molecule has 2 aromatic rings. The van der Waals surface area contributed by atoms with Crippen LogP contribution in [0.1, 0.15) is 21.5 Å². The van der Waals surface area contributed by atoms with Gasteiger partial charge in [-0.05, 0) is 37.3 Å². The molecule has 104 valence electrons. The Kier molecular flexibility index (Phi) is 4.66. The number of carbonyl (C=O) groups excluding carboxylic acids is 1. The lowest BCUT2D eigenvalue weighted by molar-refractivity contribution is 0.104. The molecule has 4 heteroatoms. The Balaban J connectivity index is 2.44. The molecule has 0 amide bonds. The molecule has 0 aliphatic heterocycles. The van der Waals surface area contributed by atoms with E-state index < -0.39 is 11.6 Å². The van der Waals surface area contributed by atoms with Crippen molar-refractivity contribution in [2.45, 2.75) is 6.92 Å². The van der Waals surface area contributed by atoms with Gasteiger partial charge in [-0.15, -0.1) is 0 Å². The van der Waals surface area contributed by atoms with Crippen molar-refractivity contribution in [1.29, 1.82) is 5.26 Å². The summed E-state index contributed by atoms with van der Waals surface area (Å²) in [6.07, 6.45) is 1.27. The van der Waals surface area contributed by atoms with Gasteiger partial charge in [0.25, 0.3) is 0 Å². The van der Waals surface area contributed by atoms with E-state index in [9.17, 15) is 14.4 Å². The minimum atomic E-state index is -0.483. The number of aryl methyl sites for hydroxylation is 1. The number of nitrogens with zero attached hydrogens (tertiary/aromatic N) is 1. The second-order valence-corrected chi connectivity index (χ2v) is 5.45. The van der Waals surface area contributed by atoms with Crippen LogP contribution in [0.2, 0.25) is 0 Å². The van der Waals surface area contributed by atoms with E-state index in [4.69, 9.17) is 0 Å². The lowest BCUT2D eigenvalue weighted by Gasteiger charge is -2.02. The second-order valence-electron chi connectivity index (χ2n) is 4.53. The Morgan fingerprint density at radius 3 is 2.71 bits per heavy atom. The molecule has 0 aromatic heterocycles. The van der Waals surface area contributed by atoms with Gasteiger partial charge >= 0.3 is 0 Å². The zero-order valence-electron chi connectivity index (χ0n) is 11.2. The van der Waals surface area contributed by atoms with Crippen LogP contribution in [-0.4, -0.2) is 5.78 Å². The third-order valence-electron chi connectivity index (χ3n) is 2.90. The first-order valence-electron chi connectivity index (χ1n) is 6.19. The molecule has 0 aliphatic rings. The summed E-state index contributed by atoms with van der Waals surface area (Å²) in [6, 6.07) is 13.1. The van der Waals surface area contributed by atoms with Gasteiger partial charge in [-0.1, -0.05) is 39.7 Å². The number of rotatable bonds is 3. The largest absolute Gasteiger partial charge is 0.288 e. The van der Waals surface area contributed by atoms with Gasteiger partial charge in [0, 0.05) is 15.6 Å². The van der Waals surface area contributed by atoms with E-state index in [1.165, 1.54) is 18.2 Å². The van der Waals surface area contributed by atoms with Gasteiger partial charge in [0.15, 0.2) is 0 Å². The lowest BCUT2D eigenvalue weighted by atomic mass is 10.0. The molecule has 2 rings (SSSR count). The second kappa shape index (κ2) is 6.47. The van der Waals surface area contributed by atoms with Crippen molar-refractivity contribution in [3.63, 3.8) is 0 Å². The van der Waals surface area contributed by atoms with Gasteiger partial charge in [0.1, 0.15) is 17.5 Å². The molecule has 0 radical (unpaired) electrons. The van der Waals surface area contributed by atoms with E-state index in [1.807, 2.05) is 19.1 Å². The highest BCUT2D eigenvalue weighted by Gasteiger charge is 2.13. The van der Waals surface area contributed by atoms with Gasteiger partial charge in [0.05, 0.1) is 0 Å². The molecule has 0 aliphatic carbocycles. The van der Waals surface area contributed by atoms with Gasteiger partial charge < -0.3 is 0 Å². The minimum absolute atomic E-state index is 0.0994. The number of benzene rings is 2. The highest BCUT2D eigenvalue weighted by atomic mass is 79.9. The zero-order valence-corrected chi connectivity index (χ0v) is 12.8. The normalized spacial score (nSPS) is 11.0. The van der Waals surface area contributed by atoms with Crippen LogP contribution in [0.15, 0.2) is 52.5 Å². The maximum absolute atomic E-state index is 13.7. The van der Waals surface area contributed by atoms with E-state index in [-0.39, 0.29) is 11.1 Å². The number of carbonyl (C=O) groups is 1. The molecule has 0 fully saturated rings. The molecule has 0 N–H and O–H groups in total. The minimum Gasteiger partial charge on any atom is -0.288 e. The van der Waals surface area contributed by atoms with Crippen LogP contribution < -0.4 is 0 Å². The molecule has 0 saturated heterocycles. The van der Waals surface area contributed by atoms with Crippen LogP contribution in [-0.2, 0) is 0 Å². The van der Waals surface area contributed by atoms with Crippen molar-refractivity contribution in [2.75, 3.05) is 0 Å². The van der Waals surface area contributed by atoms with Crippen LogP contribution in [0, 0.1) is 24.1 Å². The molecule has 0 unspecified atom stereocenters. The Morgan fingerprint density at radius 1 is 1.29 bits per heavy atom. The zero-order chi connectivity index (χ0) is 15.4. The topological polar surface area (TPSA) is 40.9 Å². The van der Waals surface area contributed by atoms with Crippen LogP contribution in [0.5, 0.6) is 0 Å². The fourth-order valence-corrected chi connectivity index (χ4v) is 2.25. The summed E-state index contributed by atoms with van der Waals surface area (Å²) in [5, 5.41) is 9.18. The Labute approximate surface area is 130 Å².